The number of fused-ring (bicyclic) bond motifs is 6. The summed E-state index contributed by atoms with van der Waals surface area (Å²) in [7, 11) is 0. The van der Waals surface area contributed by atoms with E-state index in [0.29, 0.717) is 22.6 Å². The maximum Gasteiger partial charge on any atom is 0.200 e. The highest BCUT2D eigenvalue weighted by molar-refractivity contribution is 5.95. The van der Waals surface area contributed by atoms with Crippen LogP contribution in [-0.4, -0.2) is 32.6 Å². The van der Waals surface area contributed by atoms with Crippen molar-refractivity contribution in [2.45, 2.75) is 71.2 Å². The highest BCUT2D eigenvalue weighted by atomic mass is 16.5. The highest BCUT2D eigenvalue weighted by Crippen LogP contribution is 2.45. The summed E-state index contributed by atoms with van der Waals surface area (Å²) in [6.45, 7) is 9.28. The molecule has 0 amide bonds. The second-order valence-electron chi connectivity index (χ2n) is 11.0. The van der Waals surface area contributed by atoms with Gasteiger partial charge in [0.1, 0.15) is 45.8 Å². The van der Waals surface area contributed by atoms with Crippen LogP contribution in [0.1, 0.15) is 58.6 Å². The van der Waals surface area contributed by atoms with Crippen molar-refractivity contribution in [2.75, 3.05) is 0 Å². The Morgan fingerprint density at radius 2 is 1.95 bits per heavy atom. The molecule has 3 N–H and O–H groups in total. The third-order valence-electron chi connectivity index (χ3n) is 7.04. The summed E-state index contributed by atoms with van der Waals surface area (Å²) in [6, 6.07) is 6.01. The number of rotatable bonds is 4. The minimum Gasteiger partial charge on any atom is -0.508 e. The van der Waals surface area contributed by atoms with Gasteiger partial charge in [-0.3, -0.25) is 4.79 Å². The second kappa shape index (κ2) is 8.70. The van der Waals surface area contributed by atoms with E-state index in [1.165, 1.54) is 23.8 Å². The lowest BCUT2D eigenvalue weighted by molar-refractivity contribution is -0.0322. The molecule has 0 radical (unpaired) electrons. The number of ether oxygens (including phenoxy) is 2. The lowest BCUT2D eigenvalue weighted by Gasteiger charge is -2.32. The first-order chi connectivity index (χ1) is 17.4. The van der Waals surface area contributed by atoms with Crippen molar-refractivity contribution in [3.8, 4) is 34.3 Å². The molecule has 2 aromatic carbocycles. The molecule has 37 heavy (non-hydrogen) atoms. The number of benzene rings is 2. The molecule has 2 atom stereocenters. The third-order valence-corrected chi connectivity index (χ3v) is 7.04. The third kappa shape index (κ3) is 4.48. The number of phenolic OH excluding ortho intramolecular Hbond substituents is 2. The SMILES string of the molecule is CC(C)=CCCC1(C)C=Cc2c(cc(O)c3c(=O)c4c(oc23)-c2ccc(O)cc2OC(C(C)(C)O)C4)O1. The van der Waals surface area contributed by atoms with Crippen LogP contribution in [0.25, 0.3) is 28.4 Å². The Morgan fingerprint density at radius 1 is 1.19 bits per heavy atom. The Morgan fingerprint density at radius 3 is 2.65 bits per heavy atom. The molecule has 7 nitrogen and oxygen atoms in total. The van der Waals surface area contributed by atoms with E-state index in [0.717, 1.165) is 12.8 Å². The first-order valence-electron chi connectivity index (χ1n) is 12.5. The number of hydrogen-bond acceptors (Lipinski definition) is 7. The van der Waals surface area contributed by atoms with Gasteiger partial charge in [-0.05, 0) is 71.7 Å². The lowest BCUT2D eigenvalue weighted by Crippen LogP contribution is -2.42. The van der Waals surface area contributed by atoms with E-state index >= 15 is 0 Å². The zero-order valence-electron chi connectivity index (χ0n) is 21.7. The Kier molecular flexibility index (Phi) is 5.87. The lowest BCUT2D eigenvalue weighted by atomic mass is 9.91. The topological polar surface area (TPSA) is 109 Å². The average molecular weight is 505 g/mol. The molecular formula is C30H32O7. The Bertz CT molecular complexity index is 1520. The van der Waals surface area contributed by atoms with Crippen molar-refractivity contribution in [2.24, 2.45) is 0 Å². The van der Waals surface area contributed by atoms with Crippen molar-refractivity contribution >= 4 is 17.0 Å². The van der Waals surface area contributed by atoms with E-state index in [-0.39, 0.29) is 40.2 Å². The zero-order chi connectivity index (χ0) is 26.7. The van der Waals surface area contributed by atoms with Crippen LogP contribution in [0.2, 0.25) is 0 Å². The van der Waals surface area contributed by atoms with E-state index in [4.69, 9.17) is 13.9 Å². The number of aliphatic hydroxyl groups is 1. The molecule has 0 bridgehead atoms. The van der Waals surface area contributed by atoms with Gasteiger partial charge in [0.25, 0.3) is 0 Å². The smallest absolute Gasteiger partial charge is 0.200 e. The van der Waals surface area contributed by atoms with Crippen LogP contribution in [-0.2, 0) is 6.42 Å². The van der Waals surface area contributed by atoms with Gasteiger partial charge in [0.05, 0.1) is 16.7 Å². The first kappa shape index (κ1) is 25.0. The van der Waals surface area contributed by atoms with Crippen LogP contribution in [0.4, 0.5) is 0 Å². The molecule has 0 fully saturated rings. The summed E-state index contributed by atoms with van der Waals surface area (Å²) < 4.78 is 18.8. The summed E-state index contributed by atoms with van der Waals surface area (Å²) in [6.07, 6.45) is 6.83. The van der Waals surface area contributed by atoms with Crippen molar-refractivity contribution in [3.63, 3.8) is 0 Å². The van der Waals surface area contributed by atoms with E-state index in [1.807, 2.05) is 19.1 Å². The second-order valence-corrected chi connectivity index (χ2v) is 11.0. The number of allylic oxidation sites excluding steroid dienone is 2. The quantitative estimate of drug-likeness (QED) is 0.382. The normalized spacial score (nSPS) is 20.2. The predicted octanol–water partition coefficient (Wildman–Crippen LogP) is 5.86. The molecule has 0 spiro atoms. The van der Waals surface area contributed by atoms with Crippen molar-refractivity contribution < 1.29 is 29.2 Å². The maximum atomic E-state index is 13.8. The largest absolute Gasteiger partial charge is 0.508 e. The molecule has 7 heteroatoms. The molecule has 2 aliphatic heterocycles. The molecule has 0 aliphatic carbocycles. The highest BCUT2D eigenvalue weighted by Gasteiger charge is 2.37. The molecule has 2 unspecified atom stereocenters. The summed E-state index contributed by atoms with van der Waals surface area (Å²) in [5.74, 6) is 0.751. The van der Waals surface area contributed by atoms with E-state index < -0.39 is 22.7 Å². The predicted molar refractivity (Wildman–Crippen MR) is 142 cm³/mol. The van der Waals surface area contributed by atoms with Crippen molar-refractivity contribution in [3.05, 3.63) is 63.3 Å². The van der Waals surface area contributed by atoms with Gasteiger partial charge in [-0.1, -0.05) is 11.6 Å². The fraction of sp³-hybridized carbons (Fsp3) is 0.367. The molecular weight excluding hydrogens is 472 g/mol. The number of aromatic hydroxyl groups is 2. The van der Waals surface area contributed by atoms with Gasteiger partial charge in [-0.25, -0.2) is 0 Å². The Balaban J connectivity index is 1.71. The molecule has 1 aromatic heterocycles. The molecule has 3 heterocycles. The van der Waals surface area contributed by atoms with Gasteiger partial charge in [0.2, 0.25) is 0 Å². The minimum atomic E-state index is -1.30. The van der Waals surface area contributed by atoms with Gasteiger partial charge in [0, 0.05) is 24.1 Å². The van der Waals surface area contributed by atoms with Crippen LogP contribution in [0.5, 0.6) is 23.0 Å². The summed E-state index contributed by atoms with van der Waals surface area (Å²) >= 11 is 0. The van der Waals surface area contributed by atoms with Gasteiger partial charge >= 0.3 is 0 Å². The number of phenols is 2. The molecule has 2 aliphatic rings. The maximum absolute atomic E-state index is 13.8. The van der Waals surface area contributed by atoms with Crippen LogP contribution >= 0.6 is 0 Å². The molecule has 194 valence electrons. The van der Waals surface area contributed by atoms with Gasteiger partial charge in [-0.2, -0.15) is 0 Å². The molecule has 5 rings (SSSR count). The fourth-order valence-corrected chi connectivity index (χ4v) is 4.92. The van der Waals surface area contributed by atoms with Crippen molar-refractivity contribution in [1.29, 1.82) is 0 Å². The summed E-state index contributed by atoms with van der Waals surface area (Å²) in [5.41, 5.74) is 0.493. The Hall–Kier alpha value is -3.71. The minimum absolute atomic E-state index is 0.0152. The van der Waals surface area contributed by atoms with Crippen molar-refractivity contribution in [1.82, 2.24) is 0 Å². The summed E-state index contributed by atoms with van der Waals surface area (Å²) in [4.78, 5) is 13.8. The van der Waals surface area contributed by atoms with Crippen LogP contribution in [0, 0.1) is 0 Å². The first-order valence-corrected chi connectivity index (χ1v) is 12.5. The van der Waals surface area contributed by atoms with E-state index in [9.17, 15) is 20.1 Å². The Labute approximate surface area is 215 Å². The molecule has 0 saturated heterocycles. The van der Waals surface area contributed by atoms with Gasteiger partial charge in [0.15, 0.2) is 11.0 Å². The van der Waals surface area contributed by atoms with Gasteiger partial charge < -0.3 is 29.2 Å². The molecule has 0 saturated carbocycles. The fourth-order valence-electron chi connectivity index (χ4n) is 4.92. The van der Waals surface area contributed by atoms with Gasteiger partial charge in [-0.15, -0.1) is 0 Å². The van der Waals surface area contributed by atoms with Crippen LogP contribution in [0.3, 0.4) is 0 Å². The van der Waals surface area contributed by atoms with Crippen LogP contribution in [0.15, 0.2) is 51.2 Å². The molecule has 3 aromatic rings. The standard InChI is InChI=1S/C30H32O7/c1-16(2)7-6-11-30(5)12-10-19-23(37-30)15-21(32)25-26(33)20-14-24(29(3,4)34)35-22-13-17(31)8-9-18(22)27(20)36-28(19)25/h7-10,12-13,15,24,31-32,34H,6,11,14H2,1-5H3. The number of hydrogen-bond donors (Lipinski definition) is 3. The van der Waals surface area contributed by atoms with Crippen LogP contribution < -0.4 is 14.9 Å². The summed E-state index contributed by atoms with van der Waals surface area (Å²) in [5, 5.41) is 31.8. The monoisotopic (exact) mass is 504 g/mol. The van der Waals surface area contributed by atoms with E-state index in [2.05, 4.69) is 19.9 Å². The average Bonchev–Trinajstić information content (AvgIpc) is 2.95. The van der Waals surface area contributed by atoms with E-state index in [1.54, 1.807) is 19.9 Å². The zero-order valence-corrected chi connectivity index (χ0v) is 21.7.